The number of rotatable bonds is 8. The van der Waals surface area contributed by atoms with E-state index in [2.05, 4.69) is 86.3 Å². The van der Waals surface area contributed by atoms with Crippen molar-refractivity contribution >= 4 is 13.3 Å². The van der Waals surface area contributed by atoms with Gasteiger partial charge in [0.05, 0.1) is 0 Å². The minimum absolute atomic E-state index is 1.02. The lowest BCUT2D eigenvalue weighted by atomic mass is 9.94. The minimum Gasteiger partial charge on any atom is -0.309 e. The number of hydrogen-bond donors (Lipinski definition) is 0. The highest BCUT2D eigenvalue weighted by Gasteiger charge is 2.07. The Balaban J connectivity index is 2.00. The molecule has 22 heavy (non-hydrogen) atoms. The maximum Gasteiger partial charge on any atom is 0.139 e. The molecule has 0 spiro atoms. The highest BCUT2D eigenvalue weighted by atomic mass is 15.1. The molecule has 116 valence electrons. The molecule has 2 aromatic rings. The summed E-state index contributed by atoms with van der Waals surface area (Å²) in [6.07, 6.45) is 1.20. The van der Waals surface area contributed by atoms with Crippen LogP contribution in [-0.4, -0.2) is 44.8 Å². The van der Waals surface area contributed by atoms with E-state index in [1.807, 2.05) is 0 Å². The zero-order valence-electron chi connectivity index (χ0n) is 14.1. The van der Waals surface area contributed by atoms with Gasteiger partial charge in [0.25, 0.3) is 0 Å². The first-order valence-corrected chi connectivity index (χ1v) is 8.10. The fraction of sp³-hybridized carbons (Fsp3) is 0.368. The lowest BCUT2D eigenvalue weighted by Gasteiger charge is -2.23. The fourth-order valence-corrected chi connectivity index (χ4v) is 2.73. The summed E-state index contributed by atoms with van der Waals surface area (Å²) >= 11 is 0. The summed E-state index contributed by atoms with van der Waals surface area (Å²) in [4.78, 5) is 4.81. The average Bonchev–Trinajstić information content (AvgIpc) is 2.48. The summed E-state index contributed by atoms with van der Waals surface area (Å²) in [7, 11) is 6.45. The molecular weight excluding hydrogens is 267 g/mol. The maximum absolute atomic E-state index is 2.55. The SMILES string of the molecule is Bc1cccc(CN(CCCN(C)C)Cc2ccccc2)c1. The van der Waals surface area contributed by atoms with Gasteiger partial charge < -0.3 is 4.90 Å². The molecule has 0 atom stereocenters. The van der Waals surface area contributed by atoms with Crippen molar-refractivity contribution in [2.75, 3.05) is 27.2 Å². The maximum atomic E-state index is 2.55. The first kappa shape index (κ1) is 16.8. The van der Waals surface area contributed by atoms with Crippen molar-refractivity contribution in [3.05, 3.63) is 65.7 Å². The number of hydrogen-bond acceptors (Lipinski definition) is 2. The van der Waals surface area contributed by atoms with Gasteiger partial charge >= 0.3 is 0 Å². The Hall–Kier alpha value is -1.58. The van der Waals surface area contributed by atoms with Crippen LogP contribution in [0.1, 0.15) is 17.5 Å². The summed E-state index contributed by atoms with van der Waals surface area (Å²) in [5.41, 5.74) is 4.13. The zero-order chi connectivity index (χ0) is 15.8. The van der Waals surface area contributed by atoms with E-state index < -0.39 is 0 Å². The van der Waals surface area contributed by atoms with Crippen molar-refractivity contribution in [3.8, 4) is 0 Å². The standard InChI is InChI=1S/C19H27BN2/c1-21(2)12-7-13-22(15-17-8-4-3-5-9-17)16-18-10-6-11-19(20)14-18/h3-6,8-11,14H,7,12-13,15-16,20H2,1-2H3. The normalized spacial score (nSPS) is 11.3. The van der Waals surface area contributed by atoms with Gasteiger partial charge in [-0.2, -0.15) is 0 Å². The quantitative estimate of drug-likeness (QED) is 0.686. The molecular formula is C19H27BN2. The number of benzene rings is 2. The minimum atomic E-state index is 1.02. The van der Waals surface area contributed by atoms with Crippen LogP contribution < -0.4 is 5.46 Å². The summed E-state index contributed by atoms with van der Waals surface area (Å²) in [5.74, 6) is 0. The van der Waals surface area contributed by atoms with Crippen LogP contribution in [0.15, 0.2) is 54.6 Å². The summed E-state index contributed by atoms with van der Waals surface area (Å²) < 4.78 is 0. The van der Waals surface area contributed by atoms with Crippen LogP contribution in [0.4, 0.5) is 0 Å². The molecule has 0 aliphatic heterocycles. The Bertz CT molecular complexity index is 554. The molecule has 0 heterocycles. The van der Waals surface area contributed by atoms with Crippen molar-refractivity contribution in [1.82, 2.24) is 9.80 Å². The van der Waals surface area contributed by atoms with Gasteiger partial charge in [0.1, 0.15) is 7.85 Å². The summed E-state index contributed by atoms with van der Waals surface area (Å²) in [5, 5.41) is 0. The molecule has 2 nitrogen and oxygen atoms in total. The van der Waals surface area contributed by atoms with E-state index in [0.29, 0.717) is 0 Å². The van der Waals surface area contributed by atoms with Crippen molar-refractivity contribution in [2.24, 2.45) is 0 Å². The molecule has 2 aromatic carbocycles. The second-order valence-electron chi connectivity index (χ2n) is 6.34. The lowest BCUT2D eigenvalue weighted by molar-refractivity contribution is 0.240. The van der Waals surface area contributed by atoms with Gasteiger partial charge in [-0.25, -0.2) is 0 Å². The first-order chi connectivity index (χ1) is 10.6. The first-order valence-electron chi connectivity index (χ1n) is 8.10. The predicted molar refractivity (Wildman–Crippen MR) is 98.3 cm³/mol. The van der Waals surface area contributed by atoms with Crippen LogP contribution in [0.25, 0.3) is 0 Å². The summed E-state index contributed by atoms with van der Waals surface area (Å²) in [6, 6.07) is 19.6. The van der Waals surface area contributed by atoms with E-state index in [0.717, 1.165) is 26.2 Å². The molecule has 0 radical (unpaired) electrons. The third-order valence-corrected chi connectivity index (χ3v) is 3.82. The van der Waals surface area contributed by atoms with Gasteiger partial charge in [0, 0.05) is 19.6 Å². The van der Waals surface area contributed by atoms with Gasteiger partial charge in [-0.1, -0.05) is 60.1 Å². The third kappa shape index (κ3) is 6.04. The Kier molecular flexibility index (Phi) is 6.69. The third-order valence-electron chi connectivity index (χ3n) is 3.82. The molecule has 0 saturated heterocycles. The smallest absolute Gasteiger partial charge is 0.139 e. The van der Waals surface area contributed by atoms with Gasteiger partial charge in [-0.15, -0.1) is 0 Å². The van der Waals surface area contributed by atoms with E-state index in [1.54, 1.807) is 0 Å². The Morgan fingerprint density at radius 3 is 2.18 bits per heavy atom. The monoisotopic (exact) mass is 294 g/mol. The molecule has 0 fully saturated rings. The molecule has 0 bridgehead atoms. The molecule has 0 N–H and O–H groups in total. The van der Waals surface area contributed by atoms with Crippen LogP contribution in [0.3, 0.4) is 0 Å². The second kappa shape index (κ2) is 8.77. The zero-order valence-corrected chi connectivity index (χ0v) is 14.1. The highest BCUT2D eigenvalue weighted by Crippen LogP contribution is 2.10. The van der Waals surface area contributed by atoms with Gasteiger partial charge in [0.15, 0.2) is 0 Å². The highest BCUT2D eigenvalue weighted by molar-refractivity contribution is 6.32. The Morgan fingerprint density at radius 2 is 1.50 bits per heavy atom. The van der Waals surface area contributed by atoms with E-state index in [1.165, 1.54) is 23.0 Å². The topological polar surface area (TPSA) is 6.48 Å². The van der Waals surface area contributed by atoms with Crippen LogP contribution in [0.2, 0.25) is 0 Å². The second-order valence-corrected chi connectivity index (χ2v) is 6.34. The van der Waals surface area contributed by atoms with Gasteiger partial charge in [-0.3, -0.25) is 4.90 Å². The molecule has 0 aliphatic rings. The lowest BCUT2D eigenvalue weighted by Crippen LogP contribution is -2.27. The van der Waals surface area contributed by atoms with Crippen molar-refractivity contribution in [1.29, 1.82) is 0 Å². The van der Waals surface area contributed by atoms with Crippen LogP contribution in [-0.2, 0) is 13.1 Å². The van der Waals surface area contributed by atoms with E-state index in [9.17, 15) is 0 Å². The largest absolute Gasteiger partial charge is 0.309 e. The van der Waals surface area contributed by atoms with Crippen molar-refractivity contribution in [2.45, 2.75) is 19.5 Å². The molecule has 0 unspecified atom stereocenters. The van der Waals surface area contributed by atoms with E-state index >= 15 is 0 Å². The van der Waals surface area contributed by atoms with Gasteiger partial charge in [-0.05, 0) is 38.2 Å². The van der Waals surface area contributed by atoms with Crippen LogP contribution in [0, 0.1) is 0 Å². The molecule has 0 saturated carbocycles. The molecule has 3 heteroatoms. The number of nitrogens with zero attached hydrogens (tertiary/aromatic N) is 2. The average molecular weight is 294 g/mol. The summed E-state index contributed by atoms with van der Waals surface area (Å²) in [6.45, 7) is 4.30. The Morgan fingerprint density at radius 1 is 0.818 bits per heavy atom. The predicted octanol–water partition coefficient (Wildman–Crippen LogP) is 1.90. The molecule has 2 rings (SSSR count). The molecule has 0 amide bonds. The van der Waals surface area contributed by atoms with Crippen LogP contribution >= 0.6 is 0 Å². The van der Waals surface area contributed by atoms with Gasteiger partial charge in [0.2, 0.25) is 0 Å². The van der Waals surface area contributed by atoms with E-state index in [-0.39, 0.29) is 0 Å². The van der Waals surface area contributed by atoms with Crippen molar-refractivity contribution < 1.29 is 0 Å². The van der Waals surface area contributed by atoms with E-state index in [4.69, 9.17) is 0 Å². The van der Waals surface area contributed by atoms with Crippen LogP contribution in [0.5, 0.6) is 0 Å². The molecule has 0 aromatic heterocycles. The fourth-order valence-electron chi connectivity index (χ4n) is 2.73. The molecule has 0 aliphatic carbocycles. The van der Waals surface area contributed by atoms with Crippen molar-refractivity contribution in [3.63, 3.8) is 0 Å². The Labute approximate surface area is 136 Å².